The van der Waals surface area contributed by atoms with Crippen LogP contribution in [-0.4, -0.2) is 97.9 Å². The van der Waals surface area contributed by atoms with Gasteiger partial charge in [-0.1, -0.05) is 46.2 Å². The van der Waals surface area contributed by atoms with Crippen LogP contribution in [0.25, 0.3) is 22.3 Å². The number of carbonyl (C=O) groups is 4. The minimum Gasteiger partial charge on any atom is -0.508 e. The predicted octanol–water partition coefficient (Wildman–Crippen LogP) is 6.63. The highest BCUT2D eigenvalue weighted by Gasteiger charge is 2.29. The van der Waals surface area contributed by atoms with Gasteiger partial charge in [0.25, 0.3) is 5.56 Å². The molecule has 0 unspecified atom stereocenters. The van der Waals surface area contributed by atoms with Gasteiger partial charge in [0.2, 0.25) is 5.91 Å². The fourth-order valence-corrected chi connectivity index (χ4v) is 8.94. The van der Waals surface area contributed by atoms with Gasteiger partial charge < -0.3 is 39.6 Å². The van der Waals surface area contributed by atoms with Gasteiger partial charge in [0.1, 0.15) is 23.9 Å². The Morgan fingerprint density at radius 3 is 2.27 bits per heavy atom. The Morgan fingerprint density at radius 1 is 0.836 bits per heavy atom. The SMILES string of the molecule is CCCc1cc2n(c(=O)c1COC(=O)COC(=O)CCC(=O)N1CCN(Cc3ccc(N(Cc4cc(C(C)C)c(O)cc4O)C(=O)NCC)cc3)CC1)Cc1c-2nc2ccc(O)cc2c1CC. The fraction of sp³-hybridized carbons (Fsp3) is 0.412. The van der Waals surface area contributed by atoms with Crippen molar-refractivity contribution in [2.45, 2.75) is 98.9 Å². The fourth-order valence-electron chi connectivity index (χ4n) is 8.94. The largest absolute Gasteiger partial charge is 0.508 e. The number of amides is 3. The van der Waals surface area contributed by atoms with Crippen molar-refractivity contribution in [2.24, 2.45) is 0 Å². The Labute approximate surface area is 389 Å². The van der Waals surface area contributed by atoms with E-state index >= 15 is 0 Å². The number of nitrogens with zero attached hydrogens (tertiary/aromatic N) is 5. The van der Waals surface area contributed by atoms with Crippen molar-refractivity contribution >= 4 is 40.5 Å². The normalized spacial score (nSPS) is 13.4. The molecule has 0 saturated carbocycles. The highest BCUT2D eigenvalue weighted by Crippen LogP contribution is 2.38. The van der Waals surface area contributed by atoms with Crippen LogP contribution in [-0.2, 0) is 62.9 Å². The van der Waals surface area contributed by atoms with Gasteiger partial charge in [-0.25, -0.2) is 14.6 Å². The van der Waals surface area contributed by atoms with Crippen molar-refractivity contribution in [3.05, 3.63) is 110 Å². The van der Waals surface area contributed by atoms with Crippen molar-refractivity contribution in [3.8, 4) is 28.6 Å². The molecule has 67 heavy (non-hydrogen) atoms. The lowest BCUT2D eigenvalue weighted by atomic mass is 9.98. The van der Waals surface area contributed by atoms with Crippen molar-refractivity contribution in [1.29, 1.82) is 0 Å². The smallest absolute Gasteiger partial charge is 0.344 e. The van der Waals surface area contributed by atoms with E-state index in [9.17, 15) is 39.3 Å². The molecule has 0 bridgehead atoms. The number of piperazine rings is 1. The molecular weight excluding hydrogens is 857 g/mol. The maximum absolute atomic E-state index is 13.9. The number of carbonyl (C=O) groups excluding carboxylic acids is 4. The van der Waals surface area contributed by atoms with Crippen molar-refractivity contribution in [2.75, 3.05) is 44.2 Å². The third-order valence-electron chi connectivity index (χ3n) is 12.5. The number of nitrogens with one attached hydrogen (secondary N) is 1. The third-order valence-corrected chi connectivity index (χ3v) is 12.5. The second-order valence-electron chi connectivity index (χ2n) is 17.4. The molecule has 5 aromatic rings. The predicted molar refractivity (Wildman–Crippen MR) is 253 cm³/mol. The lowest BCUT2D eigenvalue weighted by Crippen LogP contribution is -2.48. The average Bonchev–Trinajstić information content (AvgIpc) is 3.67. The van der Waals surface area contributed by atoms with Crippen LogP contribution in [0.15, 0.2) is 65.5 Å². The van der Waals surface area contributed by atoms with Crippen LogP contribution in [0.5, 0.6) is 17.2 Å². The number of esters is 2. The standard InChI is InChI=1S/C51H60N6O10/c1-6-9-33-23-43-49-40(37(7-2)39-24-36(58)14-15-42(39)53-49)28-57(43)50(64)41(33)29-66-48(63)30-67-47(62)17-16-46(61)55-20-18-54(19-21-55)26-32-10-12-35(13-11-32)56(51(65)52-8-3)27-34-22-38(31(4)5)45(60)25-44(34)59/h10-15,22-25,31,58-60H,6-9,16-21,26-30H2,1-5H3,(H,52,65). The van der Waals surface area contributed by atoms with E-state index < -0.39 is 18.5 Å². The summed E-state index contributed by atoms with van der Waals surface area (Å²) in [6.45, 7) is 12.5. The monoisotopic (exact) mass is 916 g/mol. The number of fused-ring (bicyclic) bond motifs is 4. The zero-order valence-electron chi connectivity index (χ0n) is 38.9. The number of phenols is 3. The van der Waals surface area contributed by atoms with Crippen LogP contribution in [0, 0.1) is 0 Å². The molecule has 1 fully saturated rings. The molecule has 3 amide bonds. The summed E-state index contributed by atoms with van der Waals surface area (Å²) in [7, 11) is 0. The Hall–Kier alpha value is -6.94. The molecule has 0 aliphatic carbocycles. The van der Waals surface area contributed by atoms with Gasteiger partial charge in [0, 0.05) is 74.0 Å². The lowest BCUT2D eigenvalue weighted by molar-refractivity contribution is -0.160. The number of ether oxygens (including phenoxy) is 2. The Bertz CT molecular complexity index is 2720. The zero-order valence-corrected chi connectivity index (χ0v) is 38.9. The van der Waals surface area contributed by atoms with Gasteiger partial charge in [-0.15, -0.1) is 0 Å². The number of hydrogen-bond donors (Lipinski definition) is 4. The maximum Gasteiger partial charge on any atom is 0.344 e. The van der Waals surface area contributed by atoms with Crippen molar-refractivity contribution in [1.82, 2.24) is 24.7 Å². The van der Waals surface area contributed by atoms with Crippen LogP contribution in [0.4, 0.5) is 10.5 Å². The summed E-state index contributed by atoms with van der Waals surface area (Å²) in [5, 5.41) is 34.8. The number of aromatic hydroxyl groups is 3. The number of benzene rings is 3. The minimum absolute atomic E-state index is 0.00741. The quantitative estimate of drug-likeness (QED) is 0.0713. The van der Waals surface area contributed by atoms with Crippen LogP contribution in [0.2, 0.25) is 0 Å². The molecule has 4 N–H and O–H groups in total. The van der Waals surface area contributed by atoms with Gasteiger partial charge in [-0.2, -0.15) is 0 Å². The molecule has 7 rings (SSSR count). The van der Waals surface area contributed by atoms with E-state index in [2.05, 4.69) is 10.2 Å². The van der Waals surface area contributed by atoms with E-state index in [1.54, 1.807) is 38.6 Å². The number of aryl methyl sites for hydroxylation is 2. The molecule has 354 valence electrons. The average molecular weight is 917 g/mol. The molecule has 2 aliphatic rings. The van der Waals surface area contributed by atoms with Gasteiger partial charge in [0.15, 0.2) is 6.61 Å². The molecule has 16 nitrogen and oxygen atoms in total. The highest BCUT2D eigenvalue weighted by atomic mass is 16.6. The molecule has 0 radical (unpaired) electrons. The Kier molecular flexibility index (Phi) is 15.1. The topological polar surface area (TPSA) is 204 Å². The van der Waals surface area contributed by atoms with E-state index in [0.29, 0.717) is 86.7 Å². The first-order chi connectivity index (χ1) is 32.2. The highest BCUT2D eigenvalue weighted by molar-refractivity contribution is 5.92. The van der Waals surface area contributed by atoms with Gasteiger partial charge >= 0.3 is 18.0 Å². The molecular formula is C51H60N6O10. The molecule has 2 aliphatic heterocycles. The van der Waals surface area contributed by atoms with Crippen LogP contribution in [0.1, 0.15) is 98.7 Å². The first kappa shape index (κ1) is 48.0. The van der Waals surface area contributed by atoms with Crippen LogP contribution >= 0.6 is 0 Å². The number of rotatable bonds is 17. The lowest BCUT2D eigenvalue weighted by Gasteiger charge is -2.35. The van der Waals surface area contributed by atoms with E-state index in [-0.39, 0.29) is 66.7 Å². The first-order valence-electron chi connectivity index (χ1n) is 23.1. The summed E-state index contributed by atoms with van der Waals surface area (Å²) in [4.78, 5) is 75.9. The number of urea groups is 1. The summed E-state index contributed by atoms with van der Waals surface area (Å²) in [5.74, 6) is -1.63. The molecule has 2 aromatic heterocycles. The van der Waals surface area contributed by atoms with Gasteiger partial charge in [-0.3, -0.25) is 24.2 Å². The number of pyridine rings is 2. The third kappa shape index (κ3) is 10.9. The summed E-state index contributed by atoms with van der Waals surface area (Å²) in [6, 6.07) is 17.3. The van der Waals surface area contributed by atoms with Gasteiger partial charge in [0.05, 0.1) is 42.0 Å². The summed E-state index contributed by atoms with van der Waals surface area (Å²) in [5.41, 5.74) is 7.79. The van der Waals surface area contributed by atoms with Gasteiger partial charge in [-0.05, 0) is 90.4 Å². The van der Waals surface area contributed by atoms with Crippen molar-refractivity contribution < 1.29 is 44.0 Å². The first-order valence-corrected chi connectivity index (χ1v) is 23.1. The Morgan fingerprint density at radius 2 is 1.58 bits per heavy atom. The molecule has 1 saturated heterocycles. The van der Waals surface area contributed by atoms with E-state index in [1.165, 1.54) is 6.07 Å². The summed E-state index contributed by atoms with van der Waals surface area (Å²) < 4.78 is 12.3. The molecule has 4 heterocycles. The molecule has 3 aromatic carbocycles. The van der Waals surface area contributed by atoms with E-state index in [0.717, 1.165) is 45.3 Å². The molecule has 0 atom stereocenters. The van der Waals surface area contributed by atoms with E-state index in [1.807, 2.05) is 65.0 Å². The number of aromatic nitrogens is 2. The van der Waals surface area contributed by atoms with Crippen LogP contribution < -0.4 is 15.8 Å². The van der Waals surface area contributed by atoms with E-state index in [4.69, 9.17) is 14.5 Å². The second kappa shape index (κ2) is 21.1. The summed E-state index contributed by atoms with van der Waals surface area (Å²) >= 11 is 0. The molecule has 16 heteroatoms. The summed E-state index contributed by atoms with van der Waals surface area (Å²) in [6.07, 6.45) is 1.75. The number of hydrogen-bond acceptors (Lipinski definition) is 12. The minimum atomic E-state index is -0.809. The molecule has 0 spiro atoms. The zero-order chi connectivity index (χ0) is 47.9. The van der Waals surface area contributed by atoms with Crippen LogP contribution in [0.3, 0.4) is 0 Å². The number of anilines is 1. The number of phenolic OH excluding ortho intramolecular Hbond substituents is 3. The second-order valence-corrected chi connectivity index (χ2v) is 17.4. The maximum atomic E-state index is 13.9. The van der Waals surface area contributed by atoms with Crippen molar-refractivity contribution in [3.63, 3.8) is 0 Å². The Balaban J connectivity index is 0.863.